The van der Waals surface area contributed by atoms with E-state index in [0.717, 1.165) is 22.4 Å². The summed E-state index contributed by atoms with van der Waals surface area (Å²) in [5.41, 5.74) is 4.05. The first-order valence-electron chi connectivity index (χ1n) is 8.30. The van der Waals surface area contributed by atoms with Crippen LogP contribution in [0.5, 0.6) is 5.75 Å². The number of aryl methyl sites for hydroxylation is 3. The van der Waals surface area contributed by atoms with Crippen molar-refractivity contribution in [1.82, 2.24) is 0 Å². The number of nitrogens with zero attached hydrogens (tertiary/aromatic N) is 1. The van der Waals surface area contributed by atoms with Gasteiger partial charge in [-0.25, -0.2) is 8.42 Å². The molecule has 0 atom stereocenters. The number of ether oxygens (including phenoxy) is 1. The summed E-state index contributed by atoms with van der Waals surface area (Å²) < 4.78 is 33.6. The molecule has 3 rings (SSSR count). The van der Waals surface area contributed by atoms with Crippen LogP contribution in [0.25, 0.3) is 0 Å². The number of anilines is 2. The van der Waals surface area contributed by atoms with Crippen molar-refractivity contribution in [3.63, 3.8) is 0 Å². The highest BCUT2D eigenvalue weighted by Crippen LogP contribution is 2.32. The second-order valence-electron chi connectivity index (χ2n) is 6.49. The lowest BCUT2D eigenvalue weighted by molar-refractivity contribution is -0.118. The Morgan fingerprint density at radius 1 is 1.08 bits per heavy atom. The predicted molar refractivity (Wildman–Crippen MR) is 101 cm³/mol. The molecule has 2 aromatic carbocycles. The molecule has 6 nitrogen and oxygen atoms in total. The van der Waals surface area contributed by atoms with Crippen molar-refractivity contribution in [2.75, 3.05) is 23.8 Å². The van der Waals surface area contributed by atoms with Gasteiger partial charge < -0.3 is 9.64 Å². The van der Waals surface area contributed by atoms with Crippen molar-refractivity contribution in [3.05, 3.63) is 47.0 Å². The zero-order chi connectivity index (χ0) is 19.1. The van der Waals surface area contributed by atoms with Crippen molar-refractivity contribution in [1.29, 1.82) is 0 Å². The third-order valence-electron chi connectivity index (χ3n) is 4.74. The van der Waals surface area contributed by atoms with Gasteiger partial charge in [0.05, 0.1) is 7.11 Å². The number of fused-ring (bicyclic) bond motifs is 1. The van der Waals surface area contributed by atoms with E-state index < -0.39 is 10.0 Å². The Labute approximate surface area is 153 Å². The summed E-state index contributed by atoms with van der Waals surface area (Å²) in [4.78, 5) is 13.5. The van der Waals surface area contributed by atoms with Gasteiger partial charge in [-0.05, 0) is 67.3 Å². The molecule has 0 fully saturated rings. The number of carbonyl (C=O) groups is 1. The normalized spacial score (nSPS) is 14.2. The molecule has 1 aliphatic heterocycles. The third-order valence-corrected chi connectivity index (χ3v) is 6.15. The first-order chi connectivity index (χ1) is 12.2. The third kappa shape index (κ3) is 3.26. The van der Waals surface area contributed by atoms with Crippen LogP contribution in [-0.2, 0) is 21.2 Å². The molecule has 7 heteroatoms. The Morgan fingerprint density at radius 2 is 1.77 bits per heavy atom. The lowest BCUT2D eigenvalue weighted by Crippen LogP contribution is -2.31. The maximum Gasteiger partial charge on any atom is 0.265 e. The van der Waals surface area contributed by atoms with Gasteiger partial charge in [-0.2, -0.15) is 0 Å². The van der Waals surface area contributed by atoms with Gasteiger partial charge in [-0.3, -0.25) is 9.52 Å². The summed E-state index contributed by atoms with van der Waals surface area (Å²) in [6, 6.07) is 8.54. The monoisotopic (exact) mass is 374 g/mol. The summed E-state index contributed by atoms with van der Waals surface area (Å²) >= 11 is 0. The molecule has 1 N–H and O–H groups in total. The van der Waals surface area contributed by atoms with Gasteiger partial charge in [0.1, 0.15) is 10.6 Å². The van der Waals surface area contributed by atoms with Crippen LogP contribution >= 0.6 is 0 Å². The molecule has 138 valence electrons. The van der Waals surface area contributed by atoms with E-state index in [1.807, 2.05) is 13.8 Å². The predicted octanol–water partition coefficient (Wildman–Crippen LogP) is 3.02. The van der Waals surface area contributed by atoms with Crippen LogP contribution in [0, 0.1) is 13.8 Å². The fraction of sp³-hybridized carbons (Fsp3) is 0.316. The maximum atomic E-state index is 12.9. The van der Waals surface area contributed by atoms with Gasteiger partial charge in [0, 0.05) is 24.8 Å². The van der Waals surface area contributed by atoms with Gasteiger partial charge in [0.2, 0.25) is 5.91 Å². The van der Waals surface area contributed by atoms with Crippen LogP contribution in [0.3, 0.4) is 0 Å². The molecule has 0 unspecified atom stereocenters. The number of carbonyl (C=O) groups excluding carboxylic acids is 1. The van der Waals surface area contributed by atoms with E-state index >= 15 is 0 Å². The molecule has 0 saturated heterocycles. The number of rotatable bonds is 4. The average molecular weight is 374 g/mol. The minimum atomic E-state index is -3.80. The number of sulfonamides is 1. The Bertz CT molecular complexity index is 983. The molecule has 2 aromatic rings. The number of benzene rings is 2. The lowest BCUT2D eigenvalue weighted by Gasteiger charge is -2.26. The minimum absolute atomic E-state index is 0.0608. The Balaban J connectivity index is 1.96. The summed E-state index contributed by atoms with van der Waals surface area (Å²) in [5.74, 6) is 0.370. The average Bonchev–Trinajstić information content (AvgIpc) is 2.59. The Morgan fingerprint density at radius 3 is 2.46 bits per heavy atom. The van der Waals surface area contributed by atoms with E-state index in [-0.39, 0.29) is 10.8 Å². The topological polar surface area (TPSA) is 75.7 Å². The van der Waals surface area contributed by atoms with E-state index in [4.69, 9.17) is 4.74 Å². The van der Waals surface area contributed by atoms with Crippen molar-refractivity contribution in [2.24, 2.45) is 0 Å². The molecule has 1 amide bonds. The van der Waals surface area contributed by atoms with Crippen LogP contribution < -0.4 is 14.4 Å². The zero-order valence-corrected chi connectivity index (χ0v) is 16.1. The second kappa shape index (κ2) is 6.64. The lowest BCUT2D eigenvalue weighted by atomic mass is 10.0. The van der Waals surface area contributed by atoms with Crippen LogP contribution in [0.4, 0.5) is 11.4 Å². The molecule has 0 saturated carbocycles. The number of amides is 1. The van der Waals surface area contributed by atoms with Crippen molar-refractivity contribution in [3.8, 4) is 5.75 Å². The molecule has 0 spiro atoms. The fourth-order valence-corrected chi connectivity index (χ4v) is 4.35. The van der Waals surface area contributed by atoms with Gasteiger partial charge in [-0.15, -0.1) is 0 Å². The number of nitrogens with one attached hydrogen (secondary N) is 1. The van der Waals surface area contributed by atoms with Crippen LogP contribution in [-0.4, -0.2) is 28.5 Å². The molecule has 1 aliphatic rings. The molecule has 26 heavy (non-hydrogen) atoms. The molecule has 0 aliphatic carbocycles. The molecular formula is C19H22N2O4S. The van der Waals surface area contributed by atoms with E-state index in [2.05, 4.69) is 4.72 Å². The highest BCUT2D eigenvalue weighted by Gasteiger charge is 2.24. The Kier molecular flexibility index (Phi) is 4.66. The molecular weight excluding hydrogens is 352 g/mol. The minimum Gasteiger partial charge on any atom is -0.495 e. The molecule has 0 radical (unpaired) electrons. The zero-order valence-electron chi connectivity index (χ0n) is 15.3. The van der Waals surface area contributed by atoms with Crippen molar-refractivity contribution >= 4 is 27.3 Å². The molecule has 0 aromatic heterocycles. The second-order valence-corrected chi connectivity index (χ2v) is 8.14. The van der Waals surface area contributed by atoms with Crippen LogP contribution in [0.1, 0.15) is 23.1 Å². The maximum absolute atomic E-state index is 12.9. The van der Waals surface area contributed by atoms with Gasteiger partial charge >= 0.3 is 0 Å². The summed E-state index contributed by atoms with van der Waals surface area (Å²) in [7, 11) is -0.622. The van der Waals surface area contributed by atoms with Gasteiger partial charge in [0.25, 0.3) is 10.0 Å². The van der Waals surface area contributed by atoms with E-state index in [1.54, 1.807) is 42.3 Å². The van der Waals surface area contributed by atoms with Gasteiger partial charge in [-0.1, -0.05) is 0 Å². The number of hydrogen-bond donors (Lipinski definition) is 1. The standard InChI is InChI=1S/C19H22N2O4S/c1-12-9-17(25-4)18(10-13(12)2)26(23,24)20-15-6-7-16-14(11-15)5-8-19(22)21(16)3/h6-7,9-11,20H,5,8H2,1-4H3. The SMILES string of the molecule is COc1cc(C)c(C)cc1S(=O)(=O)Nc1ccc2c(c1)CCC(=O)N2C. The van der Waals surface area contributed by atoms with Crippen molar-refractivity contribution < 1.29 is 17.9 Å². The van der Waals surface area contributed by atoms with Crippen molar-refractivity contribution in [2.45, 2.75) is 31.6 Å². The smallest absolute Gasteiger partial charge is 0.265 e. The van der Waals surface area contributed by atoms with Gasteiger partial charge in [0.15, 0.2) is 0 Å². The van der Waals surface area contributed by atoms with E-state index in [0.29, 0.717) is 24.3 Å². The number of methoxy groups -OCH3 is 1. The quantitative estimate of drug-likeness (QED) is 0.893. The molecule has 1 heterocycles. The van der Waals surface area contributed by atoms with Crippen LogP contribution in [0.2, 0.25) is 0 Å². The summed E-state index contributed by atoms with van der Waals surface area (Å²) in [6.07, 6.45) is 1.02. The van der Waals surface area contributed by atoms with Crippen LogP contribution in [0.15, 0.2) is 35.2 Å². The molecule has 0 bridgehead atoms. The first-order valence-corrected chi connectivity index (χ1v) is 9.79. The largest absolute Gasteiger partial charge is 0.495 e. The highest BCUT2D eigenvalue weighted by molar-refractivity contribution is 7.92. The summed E-state index contributed by atoms with van der Waals surface area (Å²) in [5, 5.41) is 0. The first kappa shape index (κ1) is 18.3. The fourth-order valence-electron chi connectivity index (χ4n) is 3.06. The summed E-state index contributed by atoms with van der Waals surface area (Å²) in [6.45, 7) is 3.77. The Hall–Kier alpha value is -2.54. The van der Waals surface area contributed by atoms with E-state index in [9.17, 15) is 13.2 Å². The van der Waals surface area contributed by atoms with E-state index in [1.165, 1.54) is 7.11 Å². The number of hydrogen-bond acceptors (Lipinski definition) is 4. The highest BCUT2D eigenvalue weighted by atomic mass is 32.2.